The molecule has 0 fully saturated rings. The number of halogens is 1. The minimum Gasteiger partial charge on any atom is -0.309 e. The number of aromatic nitrogens is 2. The Morgan fingerprint density at radius 3 is 2.33 bits per heavy atom. The Morgan fingerprint density at radius 1 is 1.28 bits per heavy atom. The van der Waals surface area contributed by atoms with Crippen LogP contribution in [-0.4, -0.2) is 16.3 Å². The summed E-state index contributed by atoms with van der Waals surface area (Å²) in [5.74, 6) is 0.594. The molecule has 1 N–H and O–H groups in total. The lowest BCUT2D eigenvalue weighted by Gasteiger charge is -2.28. The topological polar surface area (TPSA) is 29.9 Å². The SMILES string of the molecule is CCNC(c1c(Cl)cnn1C(C)C)C(CC)CC. The molecule has 1 aromatic heterocycles. The molecule has 1 atom stereocenters. The first-order valence-electron chi connectivity index (χ1n) is 7.02. The molecule has 0 aromatic carbocycles. The minimum atomic E-state index is 0.294. The summed E-state index contributed by atoms with van der Waals surface area (Å²) in [6.45, 7) is 11.8. The zero-order valence-corrected chi connectivity index (χ0v) is 13.0. The fourth-order valence-corrected chi connectivity index (χ4v) is 2.77. The number of nitrogens with zero attached hydrogens (tertiary/aromatic N) is 2. The Kier molecular flexibility index (Phi) is 6.16. The molecule has 1 aromatic rings. The molecule has 0 radical (unpaired) electrons. The van der Waals surface area contributed by atoms with Crippen molar-refractivity contribution in [1.82, 2.24) is 15.1 Å². The molecule has 1 heterocycles. The van der Waals surface area contributed by atoms with Crippen LogP contribution < -0.4 is 5.32 Å². The summed E-state index contributed by atoms with van der Waals surface area (Å²) < 4.78 is 2.05. The van der Waals surface area contributed by atoms with Crippen molar-refractivity contribution in [1.29, 1.82) is 0 Å². The fraction of sp³-hybridized carbons (Fsp3) is 0.786. The van der Waals surface area contributed by atoms with Gasteiger partial charge in [-0.25, -0.2) is 0 Å². The third kappa shape index (κ3) is 3.27. The number of hydrogen-bond donors (Lipinski definition) is 1. The van der Waals surface area contributed by atoms with E-state index in [4.69, 9.17) is 11.6 Å². The van der Waals surface area contributed by atoms with Gasteiger partial charge < -0.3 is 5.32 Å². The number of hydrogen-bond acceptors (Lipinski definition) is 2. The highest BCUT2D eigenvalue weighted by molar-refractivity contribution is 6.31. The van der Waals surface area contributed by atoms with Crippen molar-refractivity contribution in [3.8, 4) is 0 Å². The van der Waals surface area contributed by atoms with Gasteiger partial charge in [0.05, 0.1) is 23.0 Å². The first-order valence-corrected chi connectivity index (χ1v) is 7.40. The van der Waals surface area contributed by atoms with E-state index in [0.29, 0.717) is 18.0 Å². The maximum atomic E-state index is 6.35. The van der Waals surface area contributed by atoms with Crippen molar-refractivity contribution < 1.29 is 0 Å². The molecule has 0 aliphatic heterocycles. The lowest BCUT2D eigenvalue weighted by atomic mass is 9.91. The third-order valence-corrected chi connectivity index (χ3v) is 3.81. The monoisotopic (exact) mass is 271 g/mol. The van der Waals surface area contributed by atoms with Crippen LogP contribution in [0.2, 0.25) is 5.02 Å². The van der Waals surface area contributed by atoms with Gasteiger partial charge in [-0.15, -0.1) is 0 Å². The van der Waals surface area contributed by atoms with E-state index >= 15 is 0 Å². The predicted molar refractivity (Wildman–Crippen MR) is 78.1 cm³/mol. The zero-order chi connectivity index (χ0) is 13.7. The molecule has 0 saturated heterocycles. The average Bonchev–Trinajstić information content (AvgIpc) is 2.71. The summed E-state index contributed by atoms with van der Waals surface area (Å²) in [6.07, 6.45) is 4.06. The quantitative estimate of drug-likeness (QED) is 0.805. The lowest BCUT2D eigenvalue weighted by molar-refractivity contribution is 0.321. The minimum absolute atomic E-state index is 0.294. The van der Waals surface area contributed by atoms with Gasteiger partial charge in [-0.05, 0) is 26.3 Å². The van der Waals surface area contributed by atoms with Gasteiger partial charge in [-0.2, -0.15) is 5.10 Å². The highest BCUT2D eigenvalue weighted by Gasteiger charge is 2.26. The fourth-order valence-electron chi connectivity index (χ4n) is 2.52. The van der Waals surface area contributed by atoms with Crippen LogP contribution in [0.4, 0.5) is 0 Å². The Labute approximate surface area is 116 Å². The van der Waals surface area contributed by atoms with Crippen LogP contribution >= 0.6 is 11.6 Å². The molecule has 1 unspecified atom stereocenters. The van der Waals surface area contributed by atoms with Crippen LogP contribution in [0, 0.1) is 5.92 Å². The average molecular weight is 272 g/mol. The summed E-state index contributed by atoms with van der Waals surface area (Å²) in [5, 5.41) is 8.77. The molecule has 0 amide bonds. The largest absolute Gasteiger partial charge is 0.309 e. The summed E-state index contributed by atoms with van der Waals surface area (Å²) in [5.41, 5.74) is 1.14. The van der Waals surface area contributed by atoms with Gasteiger partial charge >= 0.3 is 0 Å². The number of rotatable bonds is 7. The van der Waals surface area contributed by atoms with E-state index in [9.17, 15) is 0 Å². The van der Waals surface area contributed by atoms with Crippen molar-refractivity contribution in [3.63, 3.8) is 0 Å². The third-order valence-electron chi connectivity index (χ3n) is 3.51. The molecular weight excluding hydrogens is 246 g/mol. The molecule has 0 spiro atoms. The predicted octanol–water partition coefficient (Wildman–Crippen LogP) is 4.20. The molecule has 104 valence electrons. The molecular formula is C14H26ClN3. The van der Waals surface area contributed by atoms with E-state index in [0.717, 1.165) is 30.1 Å². The highest BCUT2D eigenvalue weighted by atomic mass is 35.5. The normalized spacial score (nSPS) is 13.6. The van der Waals surface area contributed by atoms with Crippen molar-refractivity contribution in [2.45, 2.75) is 59.5 Å². The van der Waals surface area contributed by atoms with Gasteiger partial charge in [0.15, 0.2) is 0 Å². The van der Waals surface area contributed by atoms with E-state index in [-0.39, 0.29) is 0 Å². The van der Waals surface area contributed by atoms with Gasteiger partial charge in [0.2, 0.25) is 0 Å². The molecule has 3 nitrogen and oxygen atoms in total. The summed E-state index contributed by atoms with van der Waals surface area (Å²) in [6, 6.07) is 0.630. The van der Waals surface area contributed by atoms with Crippen molar-refractivity contribution >= 4 is 11.6 Å². The van der Waals surface area contributed by atoms with Gasteiger partial charge in [-0.1, -0.05) is 45.2 Å². The molecule has 0 saturated carbocycles. The Hall–Kier alpha value is -0.540. The zero-order valence-electron chi connectivity index (χ0n) is 12.2. The first-order chi connectivity index (χ1) is 8.56. The van der Waals surface area contributed by atoms with E-state index in [1.165, 1.54) is 0 Å². The Morgan fingerprint density at radius 2 is 1.89 bits per heavy atom. The van der Waals surface area contributed by atoms with Gasteiger partial charge in [0, 0.05) is 6.04 Å². The Bertz CT molecular complexity index is 356. The van der Waals surface area contributed by atoms with Gasteiger partial charge in [0.1, 0.15) is 0 Å². The molecule has 18 heavy (non-hydrogen) atoms. The van der Waals surface area contributed by atoms with Crippen molar-refractivity contribution in [2.24, 2.45) is 5.92 Å². The molecule has 0 aliphatic carbocycles. The summed E-state index contributed by atoms with van der Waals surface area (Å²) in [4.78, 5) is 0. The Balaban J connectivity index is 3.15. The molecule has 0 bridgehead atoms. The van der Waals surface area contributed by atoms with Crippen LogP contribution in [0.1, 0.15) is 65.2 Å². The van der Waals surface area contributed by atoms with E-state index < -0.39 is 0 Å². The van der Waals surface area contributed by atoms with Gasteiger partial charge in [0.25, 0.3) is 0 Å². The molecule has 4 heteroatoms. The molecule has 0 aliphatic rings. The van der Waals surface area contributed by atoms with Crippen molar-refractivity contribution in [2.75, 3.05) is 6.54 Å². The maximum absolute atomic E-state index is 6.35. The van der Waals surface area contributed by atoms with Crippen LogP contribution in [0.3, 0.4) is 0 Å². The second kappa shape index (κ2) is 7.15. The summed E-state index contributed by atoms with van der Waals surface area (Å²) >= 11 is 6.35. The van der Waals surface area contributed by atoms with Crippen LogP contribution in [0.5, 0.6) is 0 Å². The second-order valence-electron chi connectivity index (χ2n) is 5.03. The van der Waals surface area contributed by atoms with E-state index in [1.807, 2.05) is 4.68 Å². The van der Waals surface area contributed by atoms with Crippen molar-refractivity contribution in [3.05, 3.63) is 16.9 Å². The van der Waals surface area contributed by atoms with Gasteiger partial charge in [-0.3, -0.25) is 4.68 Å². The summed E-state index contributed by atoms with van der Waals surface area (Å²) in [7, 11) is 0. The van der Waals surface area contributed by atoms with Crippen LogP contribution in [0.25, 0.3) is 0 Å². The van der Waals surface area contributed by atoms with Crippen LogP contribution in [0.15, 0.2) is 6.20 Å². The second-order valence-corrected chi connectivity index (χ2v) is 5.44. The maximum Gasteiger partial charge on any atom is 0.0834 e. The standard InChI is InChI=1S/C14H26ClN3/c1-6-11(7-2)13(16-8-3)14-12(15)9-17-18(14)10(4)5/h9-11,13,16H,6-8H2,1-5H3. The van der Waals surface area contributed by atoms with E-state index in [1.54, 1.807) is 6.20 Å². The van der Waals surface area contributed by atoms with Crippen LogP contribution in [-0.2, 0) is 0 Å². The lowest BCUT2D eigenvalue weighted by Crippen LogP contribution is -2.30. The van der Waals surface area contributed by atoms with E-state index in [2.05, 4.69) is 45.0 Å². The number of nitrogens with one attached hydrogen (secondary N) is 1. The molecule has 1 rings (SSSR count). The highest BCUT2D eigenvalue weighted by Crippen LogP contribution is 2.33. The smallest absolute Gasteiger partial charge is 0.0834 e. The first kappa shape index (κ1) is 15.5.